The third-order valence-electron chi connectivity index (χ3n) is 3.49. The number of aryl methyl sites for hydroxylation is 1. The molecule has 0 spiro atoms. The minimum absolute atomic E-state index is 0.0102. The minimum Gasteiger partial charge on any atom is -0.342 e. The number of amides is 1. The van der Waals surface area contributed by atoms with Crippen molar-refractivity contribution >= 4 is 15.9 Å². The molecule has 0 heterocycles. The Morgan fingerprint density at radius 3 is 2.00 bits per heavy atom. The predicted molar refractivity (Wildman–Crippen MR) is 97.2 cm³/mol. The number of carbonyl (C=O) groups is 1. The van der Waals surface area contributed by atoms with Gasteiger partial charge in [-0.1, -0.05) is 45.4 Å². The van der Waals surface area contributed by atoms with Crippen molar-refractivity contribution in [1.29, 1.82) is 0 Å². The Morgan fingerprint density at radius 1 is 1.04 bits per heavy atom. The van der Waals surface area contributed by atoms with Gasteiger partial charge in [-0.3, -0.25) is 4.79 Å². The van der Waals surface area contributed by atoms with E-state index in [2.05, 4.69) is 32.4 Å². The van der Waals surface area contributed by atoms with E-state index >= 15 is 0 Å². The SMILES string of the molecule is Cc1ccc(S(=O)(=O)NCCC(=O)N(CC(C)C)CC(C)C)cc1. The quantitative estimate of drug-likeness (QED) is 0.741. The summed E-state index contributed by atoms with van der Waals surface area (Å²) < 4.78 is 26.9. The van der Waals surface area contributed by atoms with E-state index in [1.54, 1.807) is 24.3 Å². The van der Waals surface area contributed by atoms with E-state index in [-0.39, 0.29) is 23.8 Å². The van der Waals surface area contributed by atoms with Crippen LogP contribution in [0.2, 0.25) is 0 Å². The Kier molecular flexibility index (Phi) is 7.90. The monoisotopic (exact) mass is 354 g/mol. The van der Waals surface area contributed by atoms with Crippen LogP contribution in [-0.4, -0.2) is 38.9 Å². The molecule has 1 amide bonds. The van der Waals surface area contributed by atoms with Crippen LogP contribution in [0, 0.1) is 18.8 Å². The normalized spacial score (nSPS) is 12.0. The lowest BCUT2D eigenvalue weighted by atomic mass is 10.1. The number of benzene rings is 1. The maximum Gasteiger partial charge on any atom is 0.240 e. The van der Waals surface area contributed by atoms with Gasteiger partial charge in [0.25, 0.3) is 0 Å². The van der Waals surface area contributed by atoms with Gasteiger partial charge in [0.2, 0.25) is 15.9 Å². The predicted octanol–water partition coefficient (Wildman–Crippen LogP) is 2.80. The lowest BCUT2D eigenvalue weighted by Gasteiger charge is -2.26. The first-order valence-corrected chi connectivity index (χ1v) is 9.94. The first kappa shape index (κ1) is 20.6. The molecule has 0 unspecified atom stereocenters. The molecule has 0 fully saturated rings. The van der Waals surface area contributed by atoms with Gasteiger partial charge in [0.05, 0.1) is 4.90 Å². The highest BCUT2D eigenvalue weighted by Crippen LogP contribution is 2.10. The van der Waals surface area contributed by atoms with Crippen LogP contribution in [0.1, 0.15) is 39.7 Å². The Morgan fingerprint density at radius 2 is 1.54 bits per heavy atom. The van der Waals surface area contributed by atoms with Crippen molar-refractivity contribution in [2.75, 3.05) is 19.6 Å². The molecule has 24 heavy (non-hydrogen) atoms. The van der Waals surface area contributed by atoms with Gasteiger partial charge in [0, 0.05) is 26.1 Å². The number of carbonyl (C=O) groups excluding carboxylic acids is 1. The number of nitrogens with zero attached hydrogens (tertiary/aromatic N) is 1. The average Bonchev–Trinajstić information content (AvgIpc) is 2.45. The molecule has 1 N–H and O–H groups in total. The van der Waals surface area contributed by atoms with E-state index in [0.29, 0.717) is 24.9 Å². The zero-order chi connectivity index (χ0) is 18.3. The van der Waals surface area contributed by atoms with Gasteiger partial charge in [0.15, 0.2) is 0 Å². The van der Waals surface area contributed by atoms with E-state index in [1.807, 2.05) is 11.8 Å². The highest BCUT2D eigenvalue weighted by molar-refractivity contribution is 7.89. The van der Waals surface area contributed by atoms with Crippen LogP contribution in [0.15, 0.2) is 29.2 Å². The number of rotatable bonds is 9. The van der Waals surface area contributed by atoms with Crippen LogP contribution in [-0.2, 0) is 14.8 Å². The fraction of sp³-hybridized carbons (Fsp3) is 0.611. The summed E-state index contributed by atoms with van der Waals surface area (Å²) in [5.74, 6) is 0.762. The van der Waals surface area contributed by atoms with Crippen LogP contribution in [0.25, 0.3) is 0 Å². The highest BCUT2D eigenvalue weighted by Gasteiger charge is 2.18. The smallest absolute Gasteiger partial charge is 0.240 e. The molecule has 0 saturated carbocycles. The summed E-state index contributed by atoms with van der Waals surface area (Å²) in [5, 5.41) is 0. The molecule has 0 aliphatic heterocycles. The molecule has 1 aromatic rings. The molecule has 0 aliphatic carbocycles. The first-order chi connectivity index (χ1) is 11.1. The van der Waals surface area contributed by atoms with Crippen molar-refractivity contribution in [3.8, 4) is 0 Å². The molecule has 0 aliphatic rings. The molecule has 1 rings (SSSR count). The summed E-state index contributed by atoms with van der Waals surface area (Å²) in [6.45, 7) is 11.7. The van der Waals surface area contributed by atoms with Gasteiger partial charge in [-0.05, 0) is 30.9 Å². The third kappa shape index (κ3) is 7.01. The molecule has 5 nitrogen and oxygen atoms in total. The lowest BCUT2D eigenvalue weighted by molar-refractivity contribution is -0.132. The van der Waals surface area contributed by atoms with Crippen molar-refractivity contribution in [1.82, 2.24) is 9.62 Å². The zero-order valence-corrected chi connectivity index (χ0v) is 16.2. The van der Waals surface area contributed by atoms with Gasteiger partial charge in [-0.15, -0.1) is 0 Å². The number of hydrogen-bond acceptors (Lipinski definition) is 3. The Labute approximate surface area is 146 Å². The van der Waals surface area contributed by atoms with E-state index in [1.165, 1.54) is 0 Å². The Hall–Kier alpha value is -1.40. The van der Waals surface area contributed by atoms with Crippen molar-refractivity contribution < 1.29 is 13.2 Å². The van der Waals surface area contributed by atoms with Gasteiger partial charge in [-0.2, -0.15) is 0 Å². The summed E-state index contributed by atoms with van der Waals surface area (Å²) in [5.41, 5.74) is 1.00. The Balaban J connectivity index is 2.60. The fourth-order valence-corrected chi connectivity index (χ4v) is 3.44. The van der Waals surface area contributed by atoms with Crippen LogP contribution in [0.5, 0.6) is 0 Å². The second kappa shape index (κ2) is 9.18. The van der Waals surface area contributed by atoms with Crippen LogP contribution in [0.3, 0.4) is 0 Å². The summed E-state index contributed by atoms with van der Waals surface area (Å²) in [6.07, 6.45) is 0.171. The maximum absolute atomic E-state index is 12.4. The molecule has 1 aromatic carbocycles. The average molecular weight is 355 g/mol. The Bertz CT molecular complexity index is 612. The summed E-state index contributed by atoms with van der Waals surface area (Å²) in [7, 11) is -3.57. The molecular formula is C18H30N2O3S. The van der Waals surface area contributed by atoms with Crippen molar-refractivity contribution in [3.63, 3.8) is 0 Å². The molecule has 6 heteroatoms. The molecule has 136 valence electrons. The van der Waals surface area contributed by atoms with Gasteiger partial charge in [0.1, 0.15) is 0 Å². The second-order valence-corrected chi connectivity index (χ2v) is 8.81. The fourth-order valence-electron chi connectivity index (χ4n) is 2.41. The topological polar surface area (TPSA) is 66.5 Å². The van der Waals surface area contributed by atoms with Gasteiger partial charge in [-0.25, -0.2) is 13.1 Å². The molecule has 0 aromatic heterocycles. The molecule has 0 radical (unpaired) electrons. The molecule has 0 bridgehead atoms. The minimum atomic E-state index is -3.57. The zero-order valence-electron chi connectivity index (χ0n) is 15.4. The largest absolute Gasteiger partial charge is 0.342 e. The summed E-state index contributed by atoms with van der Waals surface area (Å²) in [6, 6.07) is 6.66. The van der Waals surface area contributed by atoms with Crippen LogP contribution in [0.4, 0.5) is 0 Å². The van der Waals surface area contributed by atoms with Crippen molar-refractivity contribution in [3.05, 3.63) is 29.8 Å². The van der Waals surface area contributed by atoms with E-state index in [0.717, 1.165) is 5.56 Å². The maximum atomic E-state index is 12.4. The van der Waals surface area contributed by atoms with Crippen molar-refractivity contribution in [2.24, 2.45) is 11.8 Å². The summed E-state index contributed by atoms with van der Waals surface area (Å²) >= 11 is 0. The van der Waals surface area contributed by atoms with E-state index < -0.39 is 10.0 Å². The lowest BCUT2D eigenvalue weighted by Crippen LogP contribution is -2.39. The van der Waals surface area contributed by atoms with Gasteiger partial charge >= 0.3 is 0 Å². The third-order valence-corrected chi connectivity index (χ3v) is 4.96. The number of sulfonamides is 1. The number of nitrogens with one attached hydrogen (secondary N) is 1. The molecular weight excluding hydrogens is 324 g/mol. The van der Waals surface area contributed by atoms with Gasteiger partial charge < -0.3 is 4.90 Å². The van der Waals surface area contributed by atoms with E-state index in [9.17, 15) is 13.2 Å². The second-order valence-electron chi connectivity index (χ2n) is 7.05. The van der Waals surface area contributed by atoms with E-state index in [4.69, 9.17) is 0 Å². The highest BCUT2D eigenvalue weighted by atomic mass is 32.2. The van der Waals surface area contributed by atoms with Crippen molar-refractivity contribution in [2.45, 2.75) is 45.9 Å². The van der Waals surface area contributed by atoms with Crippen LogP contribution >= 0.6 is 0 Å². The summed E-state index contributed by atoms with van der Waals surface area (Å²) in [4.78, 5) is 14.4. The standard InChI is InChI=1S/C18H30N2O3S/c1-14(2)12-20(13-15(3)4)18(21)10-11-19-24(22,23)17-8-6-16(5)7-9-17/h6-9,14-15,19H,10-13H2,1-5H3. The van der Waals surface area contributed by atoms with Crippen LogP contribution < -0.4 is 4.72 Å². The first-order valence-electron chi connectivity index (χ1n) is 8.46. The number of hydrogen-bond donors (Lipinski definition) is 1. The molecule has 0 atom stereocenters. The molecule has 0 saturated heterocycles.